The van der Waals surface area contributed by atoms with Crippen LogP contribution in [0, 0.1) is 5.92 Å². The van der Waals surface area contributed by atoms with E-state index in [0.717, 1.165) is 40.5 Å². The maximum atomic E-state index is 9.62. The summed E-state index contributed by atoms with van der Waals surface area (Å²) in [5.41, 5.74) is 7.89. The molecule has 4 nitrogen and oxygen atoms in total. The van der Waals surface area contributed by atoms with Gasteiger partial charge in [-0.2, -0.15) is 0 Å². The van der Waals surface area contributed by atoms with Crippen LogP contribution in [0.15, 0.2) is 36.4 Å². The van der Waals surface area contributed by atoms with Crippen molar-refractivity contribution in [2.75, 3.05) is 12.0 Å². The molecule has 1 atom stereocenters. The molecule has 1 aliphatic carbocycles. The summed E-state index contributed by atoms with van der Waals surface area (Å²) in [6.07, 6.45) is 2.21. The Hall–Kier alpha value is -1.59. The standard InChI is InChI=1S/C18H22ClN3O/c1-11(23)13-4-6-14(7-5-13)15-8-9-16(18(22-20)17(15)19)21-10-12-2-3-12/h4-9,11-12,21-23H,2-3,10,20H2,1H3/p+2. The van der Waals surface area contributed by atoms with E-state index < -0.39 is 6.10 Å². The average Bonchev–Trinajstić information content (AvgIpc) is 3.37. The van der Waals surface area contributed by atoms with Crippen LogP contribution in [0.3, 0.4) is 0 Å². The van der Waals surface area contributed by atoms with Gasteiger partial charge in [-0.15, -0.1) is 0 Å². The van der Waals surface area contributed by atoms with Gasteiger partial charge >= 0.3 is 0 Å². The van der Waals surface area contributed by atoms with Gasteiger partial charge in [0, 0.05) is 17.5 Å². The Kier molecular flexibility index (Phi) is 4.87. The molecule has 0 heterocycles. The van der Waals surface area contributed by atoms with Gasteiger partial charge in [-0.3, -0.25) is 5.84 Å². The summed E-state index contributed by atoms with van der Waals surface area (Å²) >= 11 is 6.61. The van der Waals surface area contributed by atoms with Gasteiger partial charge < -0.3 is 10.4 Å². The van der Waals surface area contributed by atoms with Crippen LogP contribution in [0.4, 0.5) is 11.4 Å². The molecule has 0 saturated heterocycles. The molecule has 23 heavy (non-hydrogen) atoms. The van der Waals surface area contributed by atoms with Crippen molar-refractivity contribution in [3.63, 3.8) is 0 Å². The Morgan fingerprint density at radius 1 is 1.26 bits per heavy atom. The van der Waals surface area contributed by atoms with Gasteiger partial charge in [0.2, 0.25) is 0 Å². The molecule has 2 aromatic rings. The highest BCUT2D eigenvalue weighted by Crippen LogP contribution is 2.37. The maximum absolute atomic E-state index is 9.62. The van der Waals surface area contributed by atoms with Crippen molar-refractivity contribution in [3.8, 4) is 11.1 Å². The molecular formula is C18H24ClN3O+2. The summed E-state index contributed by atoms with van der Waals surface area (Å²) in [5.74, 6) is 4.65. The van der Waals surface area contributed by atoms with Gasteiger partial charge in [-0.1, -0.05) is 35.9 Å². The normalized spacial score (nSPS) is 15.5. The van der Waals surface area contributed by atoms with Gasteiger partial charge in [0.25, 0.3) is 0 Å². The molecule has 1 aliphatic rings. The van der Waals surface area contributed by atoms with Crippen LogP contribution in [-0.4, -0.2) is 11.7 Å². The quantitative estimate of drug-likeness (QED) is 0.483. The van der Waals surface area contributed by atoms with Crippen molar-refractivity contribution in [3.05, 3.63) is 47.0 Å². The third-order valence-corrected chi connectivity index (χ3v) is 4.82. The summed E-state index contributed by atoms with van der Waals surface area (Å²) in [5, 5.41) is 12.6. The lowest BCUT2D eigenvalue weighted by molar-refractivity contribution is -0.574. The van der Waals surface area contributed by atoms with E-state index in [1.807, 2.05) is 24.3 Å². The number of quaternary nitrogens is 2. The minimum atomic E-state index is -0.462. The fourth-order valence-electron chi connectivity index (χ4n) is 2.75. The molecule has 1 fully saturated rings. The Bertz CT molecular complexity index is 681. The van der Waals surface area contributed by atoms with Gasteiger partial charge in [-0.25, -0.2) is 5.43 Å². The van der Waals surface area contributed by atoms with Crippen LogP contribution in [0.2, 0.25) is 5.02 Å². The minimum Gasteiger partial charge on any atom is -0.389 e. The topological polar surface area (TPSA) is 76.5 Å². The SMILES string of the molecule is CC(O)c1ccc(-c2ccc([NH2+]CC3CC3)c(N[NH3+])c2Cl)cc1. The Morgan fingerprint density at radius 3 is 2.52 bits per heavy atom. The number of benzene rings is 2. The summed E-state index contributed by atoms with van der Waals surface area (Å²) in [6.45, 7) is 2.87. The van der Waals surface area contributed by atoms with Crippen LogP contribution in [0.25, 0.3) is 11.1 Å². The van der Waals surface area contributed by atoms with Crippen LogP contribution >= 0.6 is 11.6 Å². The van der Waals surface area contributed by atoms with Crippen molar-refractivity contribution >= 4 is 23.0 Å². The van der Waals surface area contributed by atoms with E-state index in [1.54, 1.807) is 6.92 Å². The molecule has 0 amide bonds. The van der Waals surface area contributed by atoms with Crippen LogP contribution < -0.4 is 16.6 Å². The molecule has 7 N–H and O–H groups in total. The van der Waals surface area contributed by atoms with Crippen molar-refractivity contribution < 1.29 is 16.3 Å². The van der Waals surface area contributed by atoms with E-state index in [4.69, 9.17) is 11.6 Å². The van der Waals surface area contributed by atoms with E-state index in [2.05, 4.69) is 28.7 Å². The molecule has 3 rings (SSSR count). The summed E-state index contributed by atoms with van der Waals surface area (Å²) in [4.78, 5) is 0. The van der Waals surface area contributed by atoms with Gasteiger partial charge in [0.15, 0.2) is 11.4 Å². The number of aliphatic hydroxyl groups is 1. The number of halogens is 1. The number of nitrogens with two attached hydrogens (primary N) is 1. The van der Waals surface area contributed by atoms with Crippen molar-refractivity contribution in [2.24, 2.45) is 5.92 Å². The second-order valence-electron chi connectivity index (χ2n) is 6.25. The van der Waals surface area contributed by atoms with Gasteiger partial charge in [0.1, 0.15) is 0 Å². The first-order valence-corrected chi connectivity index (χ1v) is 8.45. The lowest BCUT2D eigenvalue weighted by atomic mass is 10.0. The van der Waals surface area contributed by atoms with E-state index in [0.29, 0.717) is 5.02 Å². The fraction of sp³-hybridized carbons (Fsp3) is 0.333. The maximum Gasteiger partial charge on any atom is 0.164 e. The van der Waals surface area contributed by atoms with Gasteiger partial charge in [-0.05, 0) is 37.0 Å². The zero-order chi connectivity index (χ0) is 16.4. The predicted molar refractivity (Wildman–Crippen MR) is 93.2 cm³/mol. The summed E-state index contributed by atoms with van der Waals surface area (Å²) in [7, 11) is 0. The third kappa shape index (κ3) is 3.67. The number of anilines is 1. The van der Waals surface area contributed by atoms with Crippen LogP contribution in [0.1, 0.15) is 31.4 Å². The molecule has 0 spiro atoms. The third-order valence-electron chi connectivity index (χ3n) is 4.42. The minimum absolute atomic E-state index is 0.462. The Morgan fingerprint density at radius 2 is 1.96 bits per heavy atom. The van der Waals surface area contributed by atoms with E-state index in [1.165, 1.54) is 12.8 Å². The first kappa shape index (κ1) is 16.3. The lowest BCUT2D eigenvalue weighted by Gasteiger charge is -2.12. The molecule has 0 radical (unpaired) electrons. The molecule has 0 aliphatic heterocycles. The van der Waals surface area contributed by atoms with E-state index >= 15 is 0 Å². The molecule has 2 aromatic carbocycles. The molecule has 0 bridgehead atoms. The van der Waals surface area contributed by atoms with Crippen molar-refractivity contribution in [1.29, 1.82) is 0 Å². The zero-order valence-corrected chi connectivity index (χ0v) is 14.1. The second kappa shape index (κ2) is 6.89. The zero-order valence-electron chi connectivity index (χ0n) is 13.3. The highest BCUT2D eigenvalue weighted by atomic mass is 35.5. The molecule has 5 heteroatoms. The Labute approximate surface area is 141 Å². The van der Waals surface area contributed by atoms with Crippen LogP contribution in [0.5, 0.6) is 0 Å². The smallest absolute Gasteiger partial charge is 0.164 e. The average molecular weight is 334 g/mol. The molecule has 1 saturated carbocycles. The van der Waals surface area contributed by atoms with Crippen molar-refractivity contribution in [1.82, 2.24) is 0 Å². The first-order chi connectivity index (χ1) is 11.1. The monoisotopic (exact) mass is 333 g/mol. The fourth-order valence-corrected chi connectivity index (χ4v) is 3.10. The largest absolute Gasteiger partial charge is 0.389 e. The van der Waals surface area contributed by atoms with E-state index in [-0.39, 0.29) is 0 Å². The van der Waals surface area contributed by atoms with Gasteiger partial charge in [0.05, 0.1) is 17.7 Å². The predicted octanol–water partition coefficient (Wildman–Crippen LogP) is 2.23. The number of nitrogens with one attached hydrogen (secondary N) is 1. The Balaban J connectivity index is 1.89. The van der Waals surface area contributed by atoms with Crippen molar-refractivity contribution in [2.45, 2.75) is 25.9 Å². The van der Waals surface area contributed by atoms with E-state index in [9.17, 15) is 5.11 Å². The summed E-state index contributed by atoms with van der Waals surface area (Å²) < 4.78 is 0. The number of rotatable bonds is 6. The second-order valence-corrected chi connectivity index (χ2v) is 6.63. The number of aliphatic hydroxyl groups excluding tert-OH is 1. The molecular weight excluding hydrogens is 310 g/mol. The summed E-state index contributed by atoms with van der Waals surface area (Å²) in [6, 6.07) is 12.0. The lowest BCUT2D eigenvalue weighted by Crippen LogP contribution is -2.79. The highest BCUT2D eigenvalue weighted by molar-refractivity contribution is 6.36. The molecule has 0 aromatic heterocycles. The highest BCUT2D eigenvalue weighted by Gasteiger charge is 2.25. The van der Waals surface area contributed by atoms with Crippen LogP contribution in [-0.2, 0) is 0 Å². The molecule has 1 unspecified atom stereocenters. The number of hydrogen-bond donors (Lipinski definition) is 4. The number of hydrogen-bond acceptors (Lipinski definition) is 2. The molecule has 122 valence electrons. The first-order valence-electron chi connectivity index (χ1n) is 8.07.